The minimum atomic E-state index is -0.528. The van der Waals surface area contributed by atoms with E-state index in [9.17, 15) is 19.7 Å². The monoisotopic (exact) mass is 449 g/mol. The maximum Gasteiger partial charge on any atom is 0.271 e. The molecule has 0 saturated carbocycles. The van der Waals surface area contributed by atoms with Crippen LogP contribution in [-0.4, -0.2) is 25.4 Å². The molecule has 0 aliphatic heterocycles. The summed E-state index contributed by atoms with van der Waals surface area (Å²) < 4.78 is 1.31. The van der Waals surface area contributed by atoms with Gasteiger partial charge >= 0.3 is 0 Å². The third kappa shape index (κ3) is 4.12. The van der Waals surface area contributed by atoms with E-state index < -0.39 is 10.8 Å². The van der Waals surface area contributed by atoms with Gasteiger partial charge in [-0.3, -0.25) is 29.3 Å². The number of pyridine rings is 1. The average Bonchev–Trinajstić information content (AvgIpc) is 3.21. The normalized spacial score (nSPS) is 10.9. The van der Waals surface area contributed by atoms with E-state index in [1.165, 1.54) is 28.0 Å². The van der Waals surface area contributed by atoms with Crippen LogP contribution in [0.15, 0.2) is 53.6 Å². The molecule has 0 unspecified atom stereocenters. The molecule has 0 aliphatic carbocycles. The number of nitro benzene ring substituents is 1. The molecule has 9 nitrogen and oxygen atoms in total. The van der Waals surface area contributed by atoms with Crippen LogP contribution in [-0.2, 0) is 17.8 Å². The highest BCUT2D eigenvalue weighted by Crippen LogP contribution is 2.26. The van der Waals surface area contributed by atoms with Gasteiger partial charge in [0.1, 0.15) is 17.2 Å². The third-order valence-electron chi connectivity index (χ3n) is 4.98. The Balaban J connectivity index is 1.76. The Morgan fingerprint density at radius 2 is 2.09 bits per heavy atom. The van der Waals surface area contributed by atoms with Crippen LogP contribution in [0.2, 0.25) is 0 Å². The van der Waals surface area contributed by atoms with Crippen LogP contribution in [0.3, 0.4) is 0 Å². The van der Waals surface area contributed by atoms with E-state index in [1.54, 1.807) is 37.5 Å². The van der Waals surface area contributed by atoms with Crippen LogP contribution in [0.4, 0.5) is 11.4 Å². The van der Waals surface area contributed by atoms with Crippen LogP contribution < -0.4 is 10.9 Å². The van der Waals surface area contributed by atoms with Crippen LogP contribution in [0.25, 0.3) is 21.6 Å². The highest BCUT2D eigenvalue weighted by Gasteiger charge is 2.18. The Bertz CT molecular complexity index is 1390. The highest BCUT2D eigenvalue weighted by molar-refractivity contribution is 7.18. The summed E-state index contributed by atoms with van der Waals surface area (Å²) >= 11 is 1.45. The Hall–Kier alpha value is -3.92. The molecule has 0 fully saturated rings. The lowest BCUT2D eigenvalue weighted by atomic mass is 10.2. The van der Waals surface area contributed by atoms with Crippen molar-refractivity contribution in [2.75, 3.05) is 5.32 Å². The van der Waals surface area contributed by atoms with Gasteiger partial charge in [-0.15, -0.1) is 11.3 Å². The molecule has 32 heavy (non-hydrogen) atoms. The molecule has 0 radical (unpaired) electrons. The first kappa shape index (κ1) is 21.3. The number of fused-ring (bicyclic) bond motifs is 1. The summed E-state index contributed by atoms with van der Waals surface area (Å²) in [5, 5.41) is 14.2. The zero-order valence-corrected chi connectivity index (χ0v) is 18.2. The highest BCUT2D eigenvalue weighted by atomic mass is 32.1. The molecule has 4 aromatic rings. The summed E-state index contributed by atoms with van der Waals surface area (Å²) in [4.78, 5) is 47.1. The first-order valence-electron chi connectivity index (χ1n) is 9.86. The molecule has 4 rings (SSSR count). The number of nitrogens with zero attached hydrogens (tertiary/aromatic N) is 4. The van der Waals surface area contributed by atoms with Crippen LogP contribution in [0.1, 0.15) is 17.4 Å². The number of carbonyl (C=O) groups excluding carboxylic acids is 1. The van der Waals surface area contributed by atoms with Crippen LogP contribution in [0, 0.1) is 17.0 Å². The molecule has 0 aliphatic rings. The van der Waals surface area contributed by atoms with Crippen molar-refractivity contribution in [3.05, 3.63) is 79.7 Å². The number of anilines is 1. The second-order valence-corrected chi connectivity index (χ2v) is 8.27. The Morgan fingerprint density at radius 1 is 1.28 bits per heavy atom. The van der Waals surface area contributed by atoms with Gasteiger partial charge < -0.3 is 5.32 Å². The van der Waals surface area contributed by atoms with E-state index in [1.807, 2.05) is 13.0 Å². The lowest BCUT2D eigenvalue weighted by Gasteiger charge is -2.13. The molecule has 0 spiro atoms. The molecule has 0 atom stereocenters. The van der Waals surface area contributed by atoms with Gasteiger partial charge in [0, 0.05) is 35.0 Å². The molecule has 162 valence electrons. The number of amides is 1. The Morgan fingerprint density at radius 3 is 2.78 bits per heavy atom. The van der Waals surface area contributed by atoms with Crippen molar-refractivity contribution in [3.8, 4) is 11.4 Å². The number of aromatic nitrogens is 3. The van der Waals surface area contributed by atoms with Gasteiger partial charge in [0.25, 0.3) is 11.2 Å². The number of nitro groups is 1. The maximum absolute atomic E-state index is 13.3. The van der Waals surface area contributed by atoms with E-state index >= 15 is 0 Å². The van der Waals surface area contributed by atoms with Gasteiger partial charge in [-0.05, 0) is 37.1 Å². The zero-order chi connectivity index (χ0) is 22.8. The van der Waals surface area contributed by atoms with E-state index in [4.69, 9.17) is 0 Å². The number of hydrogen-bond donors (Lipinski definition) is 1. The SMILES string of the molecule is CCc1cc2c(=O)n(CC(=O)Nc3cc([N+](=O)[O-])ccc3C)c(-c3cccnc3)nc2s1. The summed E-state index contributed by atoms with van der Waals surface area (Å²) in [6.45, 7) is 3.43. The molecule has 3 heterocycles. The number of thiophene rings is 1. The number of non-ortho nitro benzene ring substituents is 1. The minimum absolute atomic E-state index is 0.132. The van der Waals surface area contributed by atoms with Crippen molar-refractivity contribution in [2.24, 2.45) is 0 Å². The quantitative estimate of drug-likeness (QED) is 0.352. The summed E-state index contributed by atoms with van der Waals surface area (Å²) in [7, 11) is 0. The predicted octanol–water partition coefficient (Wildman–Crippen LogP) is 3.94. The van der Waals surface area contributed by atoms with Gasteiger partial charge in [-0.1, -0.05) is 13.0 Å². The van der Waals surface area contributed by atoms with Crippen molar-refractivity contribution in [1.82, 2.24) is 14.5 Å². The van der Waals surface area contributed by atoms with E-state index in [0.29, 0.717) is 32.9 Å². The van der Waals surface area contributed by atoms with E-state index in [-0.39, 0.29) is 17.8 Å². The summed E-state index contributed by atoms with van der Waals surface area (Å²) in [5.74, 6) is -0.154. The predicted molar refractivity (Wildman–Crippen MR) is 123 cm³/mol. The lowest BCUT2D eigenvalue weighted by Crippen LogP contribution is -2.29. The van der Waals surface area contributed by atoms with Gasteiger partial charge in [0.05, 0.1) is 16.0 Å². The molecular weight excluding hydrogens is 430 g/mol. The molecule has 3 aromatic heterocycles. The van der Waals surface area contributed by atoms with Crippen molar-refractivity contribution in [2.45, 2.75) is 26.8 Å². The molecule has 1 aromatic carbocycles. The Kier molecular flexibility index (Phi) is 5.78. The zero-order valence-electron chi connectivity index (χ0n) is 17.4. The molecule has 1 amide bonds. The second kappa shape index (κ2) is 8.67. The summed E-state index contributed by atoms with van der Waals surface area (Å²) in [6, 6.07) is 9.54. The molecule has 0 saturated heterocycles. The fraction of sp³-hybridized carbons (Fsp3) is 0.182. The molecular formula is C22H19N5O4S. The van der Waals surface area contributed by atoms with Gasteiger partial charge in [-0.2, -0.15) is 0 Å². The fourth-order valence-corrected chi connectivity index (χ4v) is 4.25. The van der Waals surface area contributed by atoms with Gasteiger partial charge in [0.15, 0.2) is 0 Å². The van der Waals surface area contributed by atoms with Crippen molar-refractivity contribution >= 4 is 38.8 Å². The second-order valence-electron chi connectivity index (χ2n) is 7.16. The third-order valence-corrected chi connectivity index (χ3v) is 6.15. The average molecular weight is 449 g/mol. The number of benzene rings is 1. The number of rotatable bonds is 6. The van der Waals surface area contributed by atoms with Gasteiger partial charge in [0.2, 0.25) is 5.91 Å². The lowest BCUT2D eigenvalue weighted by molar-refractivity contribution is -0.384. The topological polar surface area (TPSA) is 120 Å². The molecule has 0 bridgehead atoms. The molecule has 1 N–H and O–H groups in total. The largest absolute Gasteiger partial charge is 0.324 e. The van der Waals surface area contributed by atoms with Crippen LogP contribution >= 0.6 is 11.3 Å². The van der Waals surface area contributed by atoms with Crippen molar-refractivity contribution in [1.29, 1.82) is 0 Å². The van der Waals surface area contributed by atoms with Crippen molar-refractivity contribution in [3.63, 3.8) is 0 Å². The van der Waals surface area contributed by atoms with E-state index in [0.717, 1.165) is 11.3 Å². The number of nitrogens with one attached hydrogen (secondary N) is 1. The number of carbonyl (C=O) groups is 1. The maximum atomic E-state index is 13.3. The number of hydrogen-bond acceptors (Lipinski definition) is 7. The van der Waals surface area contributed by atoms with E-state index in [2.05, 4.69) is 15.3 Å². The minimum Gasteiger partial charge on any atom is -0.324 e. The number of aryl methyl sites for hydroxylation is 2. The summed E-state index contributed by atoms with van der Waals surface area (Å²) in [5.41, 5.74) is 1.14. The Labute approximate surface area is 186 Å². The van der Waals surface area contributed by atoms with Crippen LogP contribution in [0.5, 0.6) is 0 Å². The van der Waals surface area contributed by atoms with Crippen molar-refractivity contribution < 1.29 is 9.72 Å². The first-order chi connectivity index (χ1) is 15.4. The summed E-state index contributed by atoms with van der Waals surface area (Å²) in [6.07, 6.45) is 3.97. The molecule has 10 heteroatoms. The van der Waals surface area contributed by atoms with Gasteiger partial charge in [-0.25, -0.2) is 4.98 Å². The first-order valence-corrected chi connectivity index (χ1v) is 10.7. The standard InChI is InChI=1S/C22H19N5O4S/c1-3-16-10-17-21(32-16)25-20(14-5-4-8-23-11-14)26(22(17)29)12-19(28)24-18-9-15(27(30)31)7-6-13(18)2/h4-11H,3,12H2,1-2H3,(H,24,28). The fourth-order valence-electron chi connectivity index (χ4n) is 3.29. The smallest absolute Gasteiger partial charge is 0.271 e.